The van der Waals surface area contributed by atoms with Gasteiger partial charge in [0.05, 0.1) is 0 Å². The molecular formula is C17H11B. The van der Waals surface area contributed by atoms with E-state index in [1.54, 1.807) is 0 Å². The molecule has 4 rings (SSSR count). The summed E-state index contributed by atoms with van der Waals surface area (Å²) in [5.41, 5.74) is 0. The van der Waals surface area contributed by atoms with Crippen molar-refractivity contribution >= 4 is 39.2 Å². The van der Waals surface area contributed by atoms with Crippen LogP contribution in [0.3, 0.4) is 0 Å². The number of hydrogen-bond donors (Lipinski definition) is 0. The summed E-state index contributed by atoms with van der Waals surface area (Å²) in [5.74, 6) is 4.33. The van der Waals surface area contributed by atoms with Crippen molar-refractivity contribution in [1.82, 2.24) is 0 Å². The Morgan fingerprint density at radius 2 is 0.944 bits per heavy atom. The van der Waals surface area contributed by atoms with Crippen LogP contribution in [0, 0.1) is 0 Å². The second-order valence-electron chi connectivity index (χ2n) is 4.64. The summed E-state index contributed by atoms with van der Waals surface area (Å²) < 4.78 is 0. The summed E-state index contributed by atoms with van der Waals surface area (Å²) >= 11 is 0. The fourth-order valence-corrected chi connectivity index (χ4v) is 2.86. The molecule has 1 heterocycles. The van der Waals surface area contributed by atoms with E-state index in [2.05, 4.69) is 73.4 Å². The van der Waals surface area contributed by atoms with Crippen molar-refractivity contribution in [2.75, 3.05) is 0 Å². The Labute approximate surface area is 106 Å². The van der Waals surface area contributed by atoms with Crippen LogP contribution in [0.15, 0.2) is 66.5 Å². The molecule has 0 saturated carbocycles. The first-order valence-electron chi connectivity index (χ1n) is 6.23. The molecule has 0 N–H and O–H groups in total. The van der Waals surface area contributed by atoms with Gasteiger partial charge in [-0.1, -0.05) is 0 Å². The van der Waals surface area contributed by atoms with E-state index in [9.17, 15) is 0 Å². The molecule has 0 saturated heterocycles. The van der Waals surface area contributed by atoms with Gasteiger partial charge < -0.3 is 0 Å². The first-order chi connectivity index (χ1) is 8.95. The SMILES string of the molecule is b1ccc2c(c1)c1ccccc1c1ccccc21. The van der Waals surface area contributed by atoms with Gasteiger partial charge in [-0.2, -0.15) is 0 Å². The van der Waals surface area contributed by atoms with Crippen molar-refractivity contribution in [2.24, 2.45) is 0 Å². The molecule has 0 aliphatic carbocycles. The number of benzene rings is 3. The van der Waals surface area contributed by atoms with Gasteiger partial charge in [-0.3, -0.25) is 0 Å². The summed E-state index contributed by atoms with van der Waals surface area (Å²) in [4.78, 5) is 0. The summed E-state index contributed by atoms with van der Waals surface area (Å²) in [6.07, 6.45) is 0. The molecule has 0 aliphatic rings. The van der Waals surface area contributed by atoms with Crippen LogP contribution in [0.2, 0.25) is 0 Å². The molecule has 1 heteroatoms. The predicted octanol–water partition coefficient (Wildman–Crippen LogP) is 4.48. The second-order valence-corrected chi connectivity index (χ2v) is 4.64. The maximum absolute atomic E-state index is 2.21. The van der Waals surface area contributed by atoms with Crippen LogP contribution < -0.4 is 0 Å². The first kappa shape index (κ1) is 9.84. The van der Waals surface area contributed by atoms with Crippen molar-refractivity contribution in [2.45, 2.75) is 0 Å². The molecule has 0 nitrogen and oxygen atoms in total. The normalized spacial score (nSPS) is 11.1. The Balaban J connectivity index is 2.46. The van der Waals surface area contributed by atoms with E-state index in [1.165, 1.54) is 32.3 Å². The van der Waals surface area contributed by atoms with E-state index in [4.69, 9.17) is 0 Å². The van der Waals surface area contributed by atoms with Gasteiger partial charge >= 0.3 is 106 Å². The second kappa shape index (κ2) is 3.68. The van der Waals surface area contributed by atoms with E-state index in [0.717, 1.165) is 0 Å². The Bertz CT molecular complexity index is 657. The van der Waals surface area contributed by atoms with Crippen LogP contribution in [0.5, 0.6) is 0 Å². The molecule has 18 heavy (non-hydrogen) atoms. The van der Waals surface area contributed by atoms with Gasteiger partial charge in [-0.05, 0) is 0 Å². The van der Waals surface area contributed by atoms with Gasteiger partial charge in [-0.25, -0.2) is 0 Å². The predicted molar refractivity (Wildman–Crippen MR) is 80.3 cm³/mol. The molecule has 82 valence electrons. The van der Waals surface area contributed by atoms with Crippen LogP contribution in [0.25, 0.3) is 32.3 Å². The zero-order valence-electron chi connectivity index (χ0n) is 9.93. The number of hydrogen-bond acceptors (Lipinski definition) is 0. The van der Waals surface area contributed by atoms with Crippen LogP contribution in [0.4, 0.5) is 0 Å². The van der Waals surface area contributed by atoms with E-state index in [0.29, 0.717) is 0 Å². The Morgan fingerprint density at radius 1 is 0.500 bits per heavy atom. The van der Waals surface area contributed by atoms with Crippen molar-refractivity contribution in [3.05, 3.63) is 66.5 Å². The molecule has 0 atom stereocenters. The van der Waals surface area contributed by atoms with Crippen LogP contribution in [-0.4, -0.2) is 6.91 Å². The summed E-state index contributed by atoms with van der Waals surface area (Å²) in [5, 5.41) is 8.04. The maximum atomic E-state index is 2.21. The van der Waals surface area contributed by atoms with Crippen LogP contribution in [0.1, 0.15) is 0 Å². The molecule has 0 unspecified atom stereocenters. The van der Waals surface area contributed by atoms with E-state index >= 15 is 0 Å². The Hall–Kier alpha value is -2.15. The third kappa shape index (κ3) is 1.25. The zero-order valence-corrected chi connectivity index (χ0v) is 9.93. The van der Waals surface area contributed by atoms with Crippen molar-refractivity contribution in [3.8, 4) is 0 Å². The summed E-state index contributed by atoms with van der Waals surface area (Å²) in [6.45, 7) is 2.11. The molecule has 0 radical (unpaired) electrons. The average molecular weight is 226 g/mol. The zero-order chi connectivity index (χ0) is 11.9. The van der Waals surface area contributed by atoms with E-state index in [1.807, 2.05) is 0 Å². The van der Waals surface area contributed by atoms with Gasteiger partial charge in [0.1, 0.15) is 0 Å². The van der Waals surface area contributed by atoms with Crippen molar-refractivity contribution < 1.29 is 0 Å². The van der Waals surface area contributed by atoms with E-state index in [-0.39, 0.29) is 0 Å². The fraction of sp³-hybridized carbons (Fsp3) is 0. The molecule has 3 aromatic carbocycles. The molecular weight excluding hydrogens is 215 g/mol. The van der Waals surface area contributed by atoms with Gasteiger partial charge in [0.25, 0.3) is 0 Å². The molecule has 0 spiro atoms. The minimum absolute atomic E-state index is 1.34. The fourth-order valence-electron chi connectivity index (χ4n) is 2.86. The monoisotopic (exact) mass is 226 g/mol. The van der Waals surface area contributed by atoms with Crippen molar-refractivity contribution in [3.63, 3.8) is 0 Å². The van der Waals surface area contributed by atoms with Gasteiger partial charge in [-0.15, -0.1) is 0 Å². The third-order valence-electron chi connectivity index (χ3n) is 3.65. The first-order valence-corrected chi connectivity index (χ1v) is 6.23. The van der Waals surface area contributed by atoms with Crippen LogP contribution in [-0.2, 0) is 0 Å². The number of rotatable bonds is 0. The van der Waals surface area contributed by atoms with E-state index < -0.39 is 0 Å². The third-order valence-corrected chi connectivity index (χ3v) is 3.65. The quantitative estimate of drug-likeness (QED) is 0.387. The molecule has 4 aromatic rings. The number of fused-ring (bicyclic) bond motifs is 6. The minimum atomic E-state index is 1.34. The standard InChI is InChI=1S/C17H11B/c1-2-7-14-12(5-1)13-6-3-4-8-15(13)17-11-18-10-9-16(14)17/h1-11H. The van der Waals surface area contributed by atoms with Crippen molar-refractivity contribution in [1.29, 1.82) is 0 Å². The molecule has 0 bridgehead atoms. The van der Waals surface area contributed by atoms with Gasteiger partial charge in [0.2, 0.25) is 0 Å². The Kier molecular flexibility index (Phi) is 2.01. The van der Waals surface area contributed by atoms with Crippen LogP contribution >= 0.6 is 0 Å². The molecule has 0 fully saturated rings. The average Bonchev–Trinajstić information content (AvgIpc) is 2.48. The Morgan fingerprint density at radius 3 is 1.50 bits per heavy atom. The molecule has 1 aromatic heterocycles. The van der Waals surface area contributed by atoms with Gasteiger partial charge in [0, 0.05) is 0 Å². The molecule has 0 aliphatic heterocycles. The summed E-state index contributed by atoms with van der Waals surface area (Å²) in [6, 6.07) is 19.5. The topological polar surface area (TPSA) is 0 Å². The molecule has 0 amide bonds. The summed E-state index contributed by atoms with van der Waals surface area (Å²) in [7, 11) is 0. The van der Waals surface area contributed by atoms with Gasteiger partial charge in [0.15, 0.2) is 0 Å².